The fourth-order valence-corrected chi connectivity index (χ4v) is 5.13. The number of nitrogens with one attached hydrogen (secondary N) is 2. The van der Waals surface area contributed by atoms with Crippen LogP contribution in [-0.4, -0.2) is 49.9 Å². The Morgan fingerprint density at radius 1 is 1.27 bits per heavy atom. The van der Waals surface area contributed by atoms with E-state index in [1.807, 2.05) is 25.1 Å². The number of hydrogen-bond acceptors (Lipinski definition) is 5. The van der Waals surface area contributed by atoms with Gasteiger partial charge in [0.2, 0.25) is 11.8 Å². The summed E-state index contributed by atoms with van der Waals surface area (Å²) in [7, 11) is 0. The van der Waals surface area contributed by atoms with Crippen LogP contribution in [0.1, 0.15) is 41.4 Å². The maximum Gasteiger partial charge on any atom is 0.269 e. The molecule has 2 aliphatic rings. The minimum absolute atomic E-state index is 0.0366. The molecule has 0 spiro atoms. The lowest BCUT2D eigenvalue weighted by atomic mass is 10.0. The maximum absolute atomic E-state index is 13.4. The highest BCUT2D eigenvalue weighted by molar-refractivity contribution is 9.10. The number of aromatic amines is 1. The van der Waals surface area contributed by atoms with Crippen molar-refractivity contribution in [2.24, 2.45) is 11.1 Å². The Kier molecular flexibility index (Phi) is 5.00. The average molecular weight is 511 g/mol. The molecular weight excluding hydrogens is 488 g/mol. The molecule has 10 heteroatoms. The number of hydrogen-bond donors (Lipinski definition) is 3. The van der Waals surface area contributed by atoms with Crippen molar-refractivity contribution in [2.45, 2.75) is 45.2 Å². The van der Waals surface area contributed by atoms with Crippen molar-refractivity contribution in [1.29, 1.82) is 0 Å². The van der Waals surface area contributed by atoms with Gasteiger partial charge in [-0.2, -0.15) is 5.10 Å². The van der Waals surface area contributed by atoms with E-state index in [0.717, 1.165) is 17.5 Å². The number of H-pyrrole nitrogens is 1. The van der Waals surface area contributed by atoms with E-state index >= 15 is 0 Å². The molecule has 3 atom stereocenters. The lowest BCUT2D eigenvalue weighted by Gasteiger charge is -2.27. The van der Waals surface area contributed by atoms with Gasteiger partial charge >= 0.3 is 0 Å². The van der Waals surface area contributed by atoms with Gasteiger partial charge in [0, 0.05) is 11.4 Å². The number of pyridine rings is 1. The summed E-state index contributed by atoms with van der Waals surface area (Å²) in [5, 5.41) is 10.2. The number of carbonyl (C=O) groups excluding carboxylic acids is 3. The summed E-state index contributed by atoms with van der Waals surface area (Å²) in [5.74, 6) is -0.501. The van der Waals surface area contributed by atoms with Crippen molar-refractivity contribution in [1.82, 2.24) is 20.1 Å². The van der Waals surface area contributed by atoms with Crippen LogP contribution in [0.25, 0.3) is 10.9 Å². The Bertz CT molecular complexity index is 1320. The molecule has 33 heavy (non-hydrogen) atoms. The number of benzene rings is 1. The second-order valence-electron chi connectivity index (χ2n) is 9.18. The monoisotopic (exact) mass is 510 g/mol. The standard InChI is InChI=1S/C23H23BrN6O3/c1-11-3-6-17(24)26-21(11)27-22(33)15-9-23(2)10-16(23)30(15)18(31)8-12-4-5-14-13(7-12)19(20(25)32)29-28-14/h3-7,15-16H,8-10H2,1-2H3,(H2,25,32)(H,28,29)(H,26,27,33)/t15-,16+,23-/m0/s1. The molecule has 0 unspecified atom stereocenters. The fourth-order valence-electron chi connectivity index (χ4n) is 4.82. The molecule has 3 heterocycles. The van der Waals surface area contributed by atoms with Crippen LogP contribution in [0.3, 0.4) is 0 Å². The minimum Gasteiger partial charge on any atom is -0.364 e. The molecule has 2 aromatic heterocycles. The molecule has 1 aromatic carbocycles. The largest absolute Gasteiger partial charge is 0.364 e. The van der Waals surface area contributed by atoms with E-state index in [1.54, 1.807) is 17.0 Å². The van der Waals surface area contributed by atoms with Crippen molar-refractivity contribution >= 4 is 50.4 Å². The summed E-state index contributed by atoms with van der Waals surface area (Å²) in [6.45, 7) is 3.99. The Morgan fingerprint density at radius 3 is 2.82 bits per heavy atom. The number of fused-ring (bicyclic) bond motifs is 2. The zero-order valence-electron chi connectivity index (χ0n) is 18.2. The van der Waals surface area contributed by atoms with Crippen LogP contribution in [0.4, 0.5) is 5.82 Å². The third-order valence-electron chi connectivity index (χ3n) is 6.75. The molecule has 3 amide bonds. The number of nitrogens with two attached hydrogens (primary N) is 1. The molecule has 1 saturated heterocycles. The van der Waals surface area contributed by atoms with Crippen molar-refractivity contribution in [2.75, 3.05) is 5.32 Å². The Balaban J connectivity index is 1.38. The summed E-state index contributed by atoms with van der Waals surface area (Å²) in [5.41, 5.74) is 7.75. The van der Waals surface area contributed by atoms with Gasteiger partial charge in [-0.1, -0.05) is 19.1 Å². The SMILES string of the molecule is Cc1ccc(Br)nc1NC(=O)[C@@H]1C[C@@]2(C)C[C@H]2N1C(=O)Cc1ccc2[nH]nc(C(N)=O)c2c1. The Morgan fingerprint density at radius 2 is 2.06 bits per heavy atom. The first-order valence-electron chi connectivity index (χ1n) is 10.7. The molecule has 1 aliphatic carbocycles. The number of aromatic nitrogens is 3. The summed E-state index contributed by atoms with van der Waals surface area (Å²) < 4.78 is 0.627. The van der Waals surface area contributed by atoms with Crippen LogP contribution >= 0.6 is 15.9 Å². The number of nitrogens with zero attached hydrogens (tertiary/aromatic N) is 3. The van der Waals surface area contributed by atoms with Gasteiger partial charge in [0.15, 0.2) is 5.69 Å². The second-order valence-corrected chi connectivity index (χ2v) is 9.99. The second kappa shape index (κ2) is 7.65. The zero-order chi connectivity index (χ0) is 23.5. The first kappa shape index (κ1) is 21.6. The number of carbonyl (C=O) groups is 3. The van der Waals surface area contributed by atoms with Crippen molar-refractivity contribution in [3.63, 3.8) is 0 Å². The van der Waals surface area contributed by atoms with Gasteiger partial charge in [0.1, 0.15) is 16.5 Å². The van der Waals surface area contributed by atoms with Crippen LogP contribution < -0.4 is 11.1 Å². The average Bonchev–Trinajstić information content (AvgIpc) is 3.10. The molecule has 1 saturated carbocycles. The number of piperidine rings is 1. The predicted octanol–water partition coefficient (Wildman–Crippen LogP) is 2.69. The van der Waals surface area contributed by atoms with Crippen molar-refractivity contribution in [3.8, 4) is 0 Å². The van der Waals surface area contributed by atoms with Gasteiger partial charge in [0.25, 0.3) is 5.91 Å². The van der Waals surface area contributed by atoms with Gasteiger partial charge in [-0.05, 0) is 70.4 Å². The maximum atomic E-state index is 13.4. The molecule has 2 fully saturated rings. The lowest BCUT2D eigenvalue weighted by Crippen LogP contribution is -2.46. The third-order valence-corrected chi connectivity index (χ3v) is 7.19. The highest BCUT2D eigenvalue weighted by Gasteiger charge is 2.64. The highest BCUT2D eigenvalue weighted by Crippen LogP contribution is 2.59. The first-order valence-corrected chi connectivity index (χ1v) is 11.5. The van der Waals surface area contributed by atoms with Crippen LogP contribution in [0, 0.1) is 12.3 Å². The predicted molar refractivity (Wildman–Crippen MR) is 125 cm³/mol. The van der Waals surface area contributed by atoms with Crippen LogP contribution in [-0.2, 0) is 16.0 Å². The van der Waals surface area contributed by atoms with E-state index in [2.05, 4.69) is 43.4 Å². The normalized spacial score (nSPS) is 23.4. The molecule has 170 valence electrons. The zero-order valence-corrected chi connectivity index (χ0v) is 19.8. The number of aryl methyl sites for hydroxylation is 1. The quantitative estimate of drug-likeness (QED) is 0.453. The number of halogens is 1. The molecule has 1 aliphatic heterocycles. The minimum atomic E-state index is -0.633. The van der Waals surface area contributed by atoms with E-state index in [-0.39, 0.29) is 35.4 Å². The van der Waals surface area contributed by atoms with E-state index in [0.29, 0.717) is 27.7 Å². The van der Waals surface area contributed by atoms with Crippen molar-refractivity contribution < 1.29 is 14.4 Å². The fraction of sp³-hybridized carbons (Fsp3) is 0.348. The van der Waals surface area contributed by atoms with Gasteiger partial charge in [-0.15, -0.1) is 0 Å². The topological polar surface area (TPSA) is 134 Å². The smallest absolute Gasteiger partial charge is 0.269 e. The van der Waals surface area contributed by atoms with Crippen LogP contribution in [0.5, 0.6) is 0 Å². The molecule has 0 bridgehead atoms. The molecular formula is C23H23BrN6O3. The molecule has 5 rings (SSSR count). The summed E-state index contributed by atoms with van der Waals surface area (Å²) in [4.78, 5) is 44.3. The van der Waals surface area contributed by atoms with Crippen molar-refractivity contribution in [3.05, 3.63) is 51.8 Å². The first-order chi connectivity index (χ1) is 15.7. The molecule has 4 N–H and O–H groups in total. The summed E-state index contributed by atoms with van der Waals surface area (Å²) in [6, 6.07) is 8.52. The number of primary amides is 1. The van der Waals surface area contributed by atoms with Gasteiger partial charge < -0.3 is 16.0 Å². The van der Waals surface area contributed by atoms with E-state index in [4.69, 9.17) is 5.73 Å². The number of rotatable bonds is 5. The van der Waals surface area contributed by atoms with Crippen LogP contribution in [0.15, 0.2) is 34.9 Å². The highest BCUT2D eigenvalue weighted by atomic mass is 79.9. The van der Waals surface area contributed by atoms with E-state index in [1.165, 1.54) is 0 Å². The number of amides is 3. The number of likely N-dealkylation sites (tertiary alicyclic amines) is 1. The number of anilines is 1. The Labute approximate surface area is 198 Å². The summed E-state index contributed by atoms with van der Waals surface area (Å²) in [6.07, 6.45) is 1.63. The van der Waals surface area contributed by atoms with Gasteiger partial charge in [0.05, 0.1) is 11.9 Å². The van der Waals surface area contributed by atoms with Crippen LogP contribution in [0.2, 0.25) is 0 Å². The molecule has 9 nitrogen and oxygen atoms in total. The molecule has 0 radical (unpaired) electrons. The van der Waals surface area contributed by atoms with Gasteiger partial charge in [-0.3, -0.25) is 19.5 Å². The summed E-state index contributed by atoms with van der Waals surface area (Å²) >= 11 is 3.33. The Hall–Kier alpha value is -3.27. The molecule has 3 aromatic rings. The van der Waals surface area contributed by atoms with E-state index in [9.17, 15) is 14.4 Å². The van der Waals surface area contributed by atoms with E-state index < -0.39 is 11.9 Å². The van der Waals surface area contributed by atoms with Gasteiger partial charge in [-0.25, -0.2) is 4.98 Å². The third kappa shape index (κ3) is 3.78. The lowest BCUT2D eigenvalue weighted by molar-refractivity contribution is -0.137.